The SMILES string of the molecule is COc1ccc(CCNC(=O)NC(C)(C)c2ccc(F)cc2)cc1. The highest BCUT2D eigenvalue weighted by Crippen LogP contribution is 2.20. The van der Waals surface area contributed by atoms with E-state index in [1.165, 1.54) is 12.1 Å². The molecule has 24 heavy (non-hydrogen) atoms. The fraction of sp³-hybridized carbons (Fsp3) is 0.316. The number of carbonyl (C=O) groups is 1. The average Bonchev–Trinajstić information content (AvgIpc) is 2.55. The van der Waals surface area contributed by atoms with Gasteiger partial charge in [-0.25, -0.2) is 9.18 Å². The Morgan fingerprint density at radius 3 is 2.29 bits per heavy atom. The van der Waals surface area contributed by atoms with E-state index in [1.54, 1.807) is 19.2 Å². The van der Waals surface area contributed by atoms with Crippen molar-refractivity contribution in [3.05, 3.63) is 65.5 Å². The summed E-state index contributed by atoms with van der Waals surface area (Å²) >= 11 is 0. The number of ether oxygens (including phenoxy) is 1. The summed E-state index contributed by atoms with van der Waals surface area (Å²) in [5.41, 5.74) is 1.38. The van der Waals surface area contributed by atoms with Crippen LogP contribution in [-0.4, -0.2) is 19.7 Å². The van der Waals surface area contributed by atoms with Gasteiger partial charge in [0, 0.05) is 6.54 Å². The second kappa shape index (κ2) is 7.81. The fourth-order valence-electron chi connectivity index (χ4n) is 2.38. The molecule has 0 atom stereocenters. The van der Waals surface area contributed by atoms with Crippen LogP contribution >= 0.6 is 0 Å². The van der Waals surface area contributed by atoms with Crippen molar-refractivity contribution < 1.29 is 13.9 Å². The monoisotopic (exact) mass is 330 g/mol. The Hall–Kier alpha value is -2.56. The van der Waals surface area contributed by atoms with E-state index in [-0.39, 0.29) is 11.8 Å². The molecule has 0 saturated heterocycles. The summed E-state index contributed by atoms with van der Waals surface area (Å²) < 4.78 is 18.1. The topological polar surface area (TPSA) is 50.4 Å². The van der Waals surface area contributed by atoms with E-state index in [2.05, 4.69) is 10.6 Å². The molecule has 2 aromatic carbocycles. The third-order valence-corrected chi connectivity index (χ3v) is 3.85. The molecule has 2 aromatic rings. The molecule has 2 amide bonds. The number of benzene rings is 2. The van der Waals surface area contributed by atoms with Gasteiger partial charge in [0.25, 0.3) is 0 Å². The second-order valence-electron chi connectivity index (χ2n) is 6.11. The zero-order valence-electron chi connectivity index (χ0n) is 14.2. The third kappa shape index (κ3) is 4.98. The number of rotatable bonds is 6. The number of hydrogen-bond donors (Lipinski definition) is 2. The predicted molar refractivity (Wildman–Crippen MR) is 92.7 cm³/mol. The Bertz CT molecular complexity index is 667. The lowest BCUT2D eigenvalue weighted by atomic mass is 9.94. The standard InChI is InChI=1S/C19H23FN2O2/c1-19(2,15-6-8-16(20)9-7-15)22-18(23)21-13-12-14-4-10-17(24-3)11-5-14/h4-11H,12-13H2,1-3H3,(H2,21,22,23). The number of hydrogen-bond acceptors (Lipinski definition) is 2. The Kier molecular flexibility index (Phi) is 5.79. The molecule has 0 radical (unpaired) electrons. The largest absolute Gasteiger partial charge is 0.497 e. The van der Waals surface area contributed by atoms with E-state index in [9.17, 15) is 9.18 Å². The van der Waals surface area contributed by atoms with Crippen molar-refractivity contribution >= 4 is 6.03 Å². The van der Waals surface area contributed by atoms with Gasteiger partial charge in [0.2, 0.25) is 0 Å². The van der Waals surface area contributed by atoms with Crippen LogP contribution in [0.4, 0.5) is 9.18 Å². The van der Waals surface area contributed by atoms with Crippen LogP contribution in [-0.2, 0) is 12.0 Å². The summed E-state index contributed by atoms with van der Waals surface area (Å²) in [4.78, 5) is 12.1. The summed E-state index contributed by atoms with van der Waals surface area (Å²) in [7, 11) is 1.63. The maximum Gasteiger partial charge on any atom is 0.315 e. The zero-order valence-corrected chi connectivity index (χ0v) is 14.2. The number of urea groups is 1. The molecule has 0 spiro atoms. The Balaban J connectivity index is 1.82. The maximum absolute atomic E-state index is 13.0. The minimum absolute atomic E-state index is 0.252. The van der Waals surface area contributed by atoms with Gasteiger partial charge in [-0.05, 0) is 55.7 Å². The Morgan fingerprint density at radius 2 is 1.71 bits per heavy atom. The van der Waals surface area contributed by atoms with Crippen molar-refractivity contribution in [2.24, 2.45) is 0 Å². The van der Waals surface area contributed by atoms with Gasteiger partial charge in [-0.2, -0.15) is 0 Å². The summed E-state index contributed by atoms with van der Waals surface area (Å²) in [6.45, 7) is 4.28. The first-order valence-corrected chi connectivity index (χ1v) is 7.86. The van der Waals surface area contributed by atoms with Crippen LogP contribution in [0.1, 0.15) is 25.0 Å². The smallest absolute Gasteiger partial charge is 0.315 e. The lowest BCUT2D eigenvalue weighted by molar-refractivity contribution is 0.230. The van der Waals surface area contributed by atoms with E-state index < -0.39 is 5.54 Å². The van der Waals surface area contributed by atoms with Gasteiger partial charge in [-0.15, -0.1) is 0 Å². The fourth-order valence-corrected chi connectivity index (χ4v) is 2.38. The van der Waals surface area contributed by atoms with Gasteiger partial charge in [0.15, 0.2) is 0 Å². The summed E-state index contributed by atoms with van der Waals surface area (Å²) in [6, 6.07) is 13.6. The minimum atomic E-state index is -0.585. The molecule has 128 valence electrons. The summed E-state index contributed by atoms with van der Waals surface area (Å²) in [5, 5.41) is 5.75. The number of nitrogens with one attached hydrogen (secondary N) is 2. The van der Waals surface area contributed by atoms with Crippen LogP contribution in [0.25, 0.3) is 0 Å². The normalized spacial score (nSPS) is 11.0. The van der Waals surface area contributed by atoms with Crippen molar-refractivity contribution in [1.29, 1.82) is 0 Å². The first-order valence-electron chi connectivity index (χ1n) is 7.86. The van der Waals surface area contributed by atoms with E-state index in [0.29, 0.717) is 6.54 Å². The molecule has 0 unspecified atom stereocenters. The third-order valence-electron chi connectivity index (χ3n) is 3.85. The zero-order chi connectivity index (χ0) is 17.6. The second-order valence-corrected chi connectivity index (χ2v) is 6.11. The van der Waals surface area contributed by atoms with Crippen LogP contribution in [0.5, 0.6) is 5.75 Å². The summed E-state index contributed by atoms with van der Waals surface area (Å²) in [5.74, 6) is 0.518. The first kappa shape index (κ1) is 17.8. The van der Waals surface area contributed by atoms with Crippen LogP contribution < -0.4 is 15.4 Å². The molecule has 0 aliphatic heterocycles. The Morgan fingerprint density at radius 1 is 1.08 bits per heavy atom. The molecule has 0 heterocycles. The molecule has 4 nitrogen and oxygen atoms in total. The number of amides is 2. The molecular formula is C19H23FN2O2. The van der Waals surface area contributed by atoms with Crippen molar-refractivity contribution in [3.8, 4) is 5.75 Å². The molecule has 0 aliphatic rings. The van der Waals surface area contributed by atoms with Gasteiger partial charge in [-0.1, -0.05) is 24.3 Å². The molecule has 0 aromatic heterocycles. The van der Waals surface area contributed by atoms with E-state index in [1.807, 2.05) is 38.1 Å². The molecular weight excluding hydrogens is 307 g/mol. The van der Waals surface area contributed by atoms with Crippen LogP contribution in [0.2, 0.25) is 0 Å². The van der Waals surface area contributed by atoms with Crippen molar-refractivity contribution in [3.63, 3.8) is 0 Å². The van der Waals surface area contributed by atoms with Gasteiger partial charge >= 0.3 is 6.03 Å². The molecule has 2 rings (SSSR count). The molecule has 2 N–H and O–H groups in total. The van der Waals surface area contributed by atoms with Gasteiger partial charge in [0.05, 0.1) is 12.6 Å². The van der Waals surface area contributed by atoms with Crippen LogP contribution in [0.3, 0.4) is 0 Å². The lowest BCUT2D eigenvalue weighted by Gasteiger charge is -2.27. The highest BCUT2D eigenvalue weighted by Gasteiger charge is 2.22. The minimum Gasteiger partial charge on any atom is -0.497 e. The van der Waals surface area contributed by atoms with E-state index >= 15 is 0 Å². The maximum atomic E-state index is 13.0. The molecule has 0 bridgehead atoms. The van der Waals surface area contributed by atoms with Gasteiger partial charge in [-0.3, -0.25) is 0 Å². The molecule has 0 fully saturated rings. The summed E-state index contributed by atoms with van der Waals surface area (Å²) in [6.07, 6.45) is 0.731. The lowest BCUT2D eigenvalue weighted by Crippen LogP contribution is -2.46. The molecule has 0 saturated carbocycles. The van der Waals surface area contributed by atoms with Crippen LogP contribution in [0.15, 0.2) is 48.5 Å². The number of halogens is 1. The Labute approximate surface area is 142 Å². The average molecular weight is 330 g/mol. The van der Waals surface area contributed by atoms with Crippen molar-refractivity contribution in [2.45, 2.75) is 25.8 Å². The van der Waals surface area contributed by atoms with Crippen molar-refractivity contribution in [2.75, 3.05) is 13.7 Å². The highest BCUT2D eigenvalue weighted by molar-refractivity contribution is 5.75. The predicted octanol–water partition coefficient (Wildman–Crippen LogP) is 3.61. The van der Waals surface area contributed by atoms with Crippen molar-refractivity contribution in [1.82, 2.24) is 10.6 Å². The van der Waals surface area contributed by atoms with E-state index in [0.717, 1.165) is 23.3 Å². The van der Waals surface area contributed by atoms with Gasteiger partial charge < -0.3 is 15.4 Å². The van der Waals surface area contributed by atoms with E-state index in [4.69, 9.17) is 4.74 Å². The first-order chi connectivity index (χ1) is 11.4. The number of methoxy groups -OCH3 is 1. The van der Waals surface area contributed by atoms with Crippen LogP contribution in [0, 0.1) is 5.82 Å². The van der Waals surface area contributed by atoms with Gasteiger partial charge in [0.1, 0.15) is 11.6 Å². The quantitative estimate of drug-likeness (QED) is 0.850. The number of carbonyl (C=O) groups excluding carboxylic acids is 1. The molecule has 5 heteroatoms. The molecule has 0 aliphatic carbocycles. The highest BCUT2D eigenvalue weighted by atomic mass is 19.1.